The van der Waals surface area contributed by atoms with Crippen molar-refractivity contribution < 1.29 is 18.0 Å². The van der Waals surface area contributed by atoms with E-state index in [1.54, 1.807) is 12.1 Å². The van der Waals surface area contributed by atoms with E-state index in [1.165, 1.54) is 29.2 Å². The smallest absolute Gasteiger partial charge is 0.264 e. The zero-order valence-electron chi connectivity index (χ0n) is 23.8. The largest absolute Gasteiger partial charge is 0.354 e. The van der Waals surface area contributed by atoms with Gasteiger partial charge < -0.3 is 10.2 Å². The molecule has 0 aliphatic carbocycles. The normalized spacial score (nSPS) is 12.1. The number of benzene rings is 3. The highest BCUT2D eigenvalue weighted by molar-refractivity contribution is 7.92. The number of nitrogens with one attached hydrogen (secondary N) is 1. The Morgan fingerprint density at radius 2 is 1.62 bits per heavy atom. The van der Waals surface area contributed by atoms with Crippen LogP contribution in [0.2, 0.25) is 5.02 Å². The number of rotatable bonds is 12. The lowest BCUT2D eigenvalue weighted by atomic mass is 10.1. The fraction of sp³-hybridized carbons (Fsp3) is 0.355. The highest BCUT2D eigenvalue weighted by atomic mass is 35.5. The third kappa shape index (κ3) is 7.64. The number of aryl methyl sites for hydroxylation is 3. The van der Waals surface area contributed by atoms with E-state index in [4.69, 9.17) is 11.6 Å². The number of hydrogen-bond donors (Lipinski definition) is 1. The quantitative estimate of drug-likeness (QED) is 0.292. The lowest BCUT2D eigenvalue weighted by Crippen LogP contribution is -2.52. The van der Waals surface area contributed by atoms with Gasteiger partial charge in [-0.15, -0.1) is 0 Å². The first-order chi connectivity index (χ1) is 19.0. The highest BCUT2D eigenvalue weighted by Gasteiger charge is 2.33. The predicted octanol–water partition coefficient (Wildman–Crippen LogP) is 5.79. The number of nitrogens with zero attached hydrogens (tertiary/aromatic N) is 2. The number of hydrogen-bond acceptors (Lipinski definition) is 4. The van der Waals surface area contributed by atoms with Crippen molar-refractivity contribution in [1.82, 2.24) is 10.2 Å². The average molecular weight is 584 g/mol. The average Bonchev–Trinajstić information content (AvgIpc) is 2.92. The van der Waals surface area contributed by atoms with E-state index in [9.17, 15) is 18.0 Å². The van der Waals surface area contributed by atoms with Crippen molar-refractivity contribution in [3.8, 4) is 0 Å². The molecular weight excluding hydrogens is 546 g/mol. The number of anilines is 1. The molecule has 40 heavy (non-hydrogen) atoms. The minimum atomic E-state index is -4.15. The van der Waals surface area contributed by atoms with Gasteiger partial charge in [-0.1, -0.05) is 61.3 Å². The van der Waals surface area contributed by atoms with Gasteiger partial charge in [-0.05, 0) is 86.7 Å². The van der Waals surface area contributed by atoms with E-state index in [0.29, 0.717) is 23.7 Å². The first kappa shape index (κ1) is 31.2. The van der Waals surface area contributed by atoms with Crippen LogP contribution < -0.4 is 9.62 Å². The standard InChI is InChI=1S/C31H38ClN3O4S/c1-6-17-33-31(37)29(7-2)34(20-25-10-8-9-22(3)18-25)30(36)21-35(27-14-11-23(4)24(5)19-27)40(38,39)28-15-12-26(32)13-16-28/h8-16,18-19,29H,6-7,17,20-21H2,1-5H3,(H,33,37). The summed E-state index contributed by atoms with van der Waals surface area (Å²) in [6, 6.07) is 18.1. The molecule has 0 fully saturated rings. The van der Waals surface area contributed by atoms with Crippen LogP contribution >= 0.6 is 11.6 Å². The molecule has 0 aliphatic rings. The third-order valence-electron chi connectivity index (χ3n) is 6.83. The SMILES string of the molecule is CCCNC(=O)C(CC)N(Cc1cccc(C)c1)C(=O)CN(c1ccc(C)c(C)c1)S(=O)(=O)c1ccc(Cl)cc1. The van der Waals surface area contributed by atoms with E-state index in [-0.39, 0.29) is 17.3 Å². The summed E-state index contributed by atoms with van der Waals surface area (Å²) in [7, 11) is -4.15. The molecule has 0 aliphatic heterocycles. The lowest BCUT2D eigenvalue weighted by molar-refractivity contribution is -0.140. The maximum absolute atomic E-state index is 14.1. The monoisotopic (exact) mass is 583 g/mol. The van der Waals surface area contributed by atoms with Gasteiger partial charge in [-0.3, -0.25) is 13.9 Å². The molecule has 0 spiro atoms. The summed E-state index contributed by atoms with van der Waals surface area (Å²) >= 11 is 6.02. The van der Waals surface area contributed by atoms with Gasteiger partial charge in [0.15, 0.2) is 0 Å². The van der Waals surface area contributed by atoms with Gasteiger partial charge in [-0.25, -0.2) is 8.42 Å². The van der Waals surface area contributed by atoms with Crippen LogP contribution in [0.5, 0.6) is 0 Å². The summed E-state index contributed by atoms with van der Waals surface area (Å²) in [6.45, 7) is 9.77. The Balaban J connectivity index is 2.08. The van der Waals surface area contributed by atoms with Gasteiger partial charge in [0.1, 0.15) is 12.6 Å². The van der Waals surface area contributed by atoms with Crippen LogP contribution in [-0.2, 0) is 26.2 Å². The molecule has 7 nitrogen and oxygen atoms in total. The topological polar surface area (TPSA) is 86.8 Å². The van der Waals surface area contributed by atoms with Crippen LogP contribution in [0.25, 0.3) is 0 Å². The minimum Gasteiger partial charge on any atom is -0.354 e. The summed E-state index contributed by atoms with van der Waals surface area (Å²) in [6.07, 6.45) is 1.13. The molecule has 2 amide bonds. The van der Waals surface area contributed by atoms with E-state index in [2.05, 4.69) is 5.32 Å². The molecule has 0 heterocycles. The second-order valence-electron chi connectivity index (χ2n) is 9.96. The fourth-order valence-corrected chi connectivity index (χ4v) is 5.97. The van der Waals surface area contributed by atoms with E-state index in [1.807, 2.05) is 65.0 Å². The zero-order valence-corrected chi connectivity index (χ0v) is 25.3. The van der Waals surface area contributed by atoms with Crippen molar-refractivity contribution in [3.05, 3.63) is 94.0 Å². The molecule has 0 aromatic heterocycles. The van der Waals surface area contributed by atoms with Gasteiger partial charge in [-0.2, -0.15) is 0 Å². The number of amides is 2. The molecule has 0 radical (unpaired) electrons. The van der Waals surface area contributed by atoms with Crippen LogP contribution in [-0.4, -0.2) is 44.3 Å². The van der Waals surface area contributed by atoms with Gasteiger partial charge in [0, 0.05) is 18.1 Å². The van der Waals surface area contributed by atoms with Crippen molar-refractivity contribution in [1.29, 1.82) is 0 Å². The van der Waals surface area contributed by atoms with Crippen LogP contribution in [0.3, 0.4) is 0 Å². The number of carbonyl (C=O) groups excluding carboxylic acids is 2. The van der Waals surface area contributed by atoms with E-state index >= 15 is 0 Å². The molecule has 1 unspecified atom stereocenters. The minimum absolute atomic E-state index is 0.0147. The molecule has 214 valence electrons. The molecule has 1 atom stereocenters. The van der Waals surface area contributed by atoms with E-state index in [0.717, 1.165) is 33.0 Å². The second-order valence-corrected chi connectivity index (χ2v) is 12.3. The third-order valence-corrected chi connectivity index (χ3v) is 8.87. The van der Waals surface area contributed by atoms with Crippen molar-refractivity contribution >= 4 is 39.1 Å². The van der Waals surface area contributed by atoms with Crippen molar-refractivity contribution in [3.63, 3.8) is 0 Å². The zero-order chi connectivity index (χ0) is 29.4. The predicted molar refractivity (Wildman–Crippen MR) is 161 cm³/mol. The molecule has 0 saturated carbocycles. The maximum atomic E-state index is 14.1. The molecule has 3 rings (SSSR count). The number of halogens is 1. The fourth-order valence-electron chi connectivity index (χ4n) is 4.44. The van der Waals surface area contributed by atoms with Gasteiger partial charge >= 0.3 is 0 Å². The first-order valence-electron chi connectivity index (χ1n) is 13.5. The Morgan fingerprint density at radius 3 is 2.23 bits per heavy atom. The van der Waals surface area contributed by atoms with Crippen molar-refractivity contribution in [2.75, 3.05) is 17.4 Å². The maximum Gasteiger partial charge on any atom is 0.264 e. The van der Waals surface area contributed by atoms with Crippen LogP contribution in [0.1, 0.15) is 48.9 Å². The number of sulfonamides is 1. The van der Waals surface area contributed by atoms with Crippen LogP contribution in [0.4, 0.5) is 5.69 Å². The Hall–Kier alpha value is -3.36. The van der Waals surface area contributed by atoms with Gasteiger partial charge in [0.05, 0.1) is 10.6 Å². The Kier molecular flexibility index (Phi) is 10.8. The van der Waals surface area contributed by atoms with Crippen molar-refractivity contribution in [2.24, 2.45) is 0 Å². The molecule has 0 bridgehead atoms. The summed E-state index contributed by atoms with van der Waals surface area (Å²) in [5.41, 5.74) is 4.14. The molecule has 0 saturated heterocycles. The van der Waals surface area contributed by atoms with E-state index < -0.39 is 28.5 Å². The van der Waals surface area contributed by atoms with Crippen LogP contribution in [0, 0.1) is 20.8 Å². The number of carbonyl (C=O) groups is 2. The summed E-state index contributed by atoms with van der Waals surface area (Å²) in [4.78, 5) is 28.8. The Bertz CT molecular complexity index is 1440. The molecule has 3 aromatic rings. The molecule has 1 N–H and O–H groups in total. The van der Waals surface area contributed by atoms with Gasteiger partial charge in [0.2, 0.25) is 11.8 Å². The Morgan fingerprint density at radius 1 is 0.925 bits per heavy atom. The van der Waals surface area contributed by atoms with Crippen LogP contribution in [0.15, 0.2) is 71.6 Å². The lowest BCUT2D eigenvalue weighted by Gasteiger charge is -2.33. The van der Waals surface area contributed by atoms with Gasteiger partial charge in [0.25, 0.3) is 10.0 Å². The Labute approximate surface area is 243 Å². The summed E-state index contributed by atoms with van der Waals surface area (Å²) in [5, 5.41) is 3.30. The summed E-state index contributed by atoms with van der Waals surface area (Å²) < 4.78 is 29.0. The highest BCUT2D eigenvalue weighted by Crippen LogP contribution is 2.27. The van der Waals surface area contributed by atoms with Crippen molar-refractivity contribution in [2.45, 2.75) is 64.9 Å². The molecule has 3 aromatic carbocycles. The molecular formula is C31H38ClN3O4S. The summed E-state index contributed by atoms with van der Waals surface area (Å²) in [5.74, 6) is -0.737. The second kappa shape index (κ2) is 13.8. The molecule has 9 heteroatoms. The first-order valence-corrected chi connectivity index (χ1v) is 15.3.